The second kappa shape index (κ2) is 8.14. The fraction of sp³-hybridized carbons (Fsp3) is 0.120. The molecule has 0 aliphatic rings. The molecule has 8 heteroatoms. The summed E-state index contributed by atoms with van der Waals surface area (Å²) in [7, 11) is 0. The van der Waals surface area contributed by atoms with Crippen LogP contribution in [-0.4, -0.2) is 20.3 Å². The Morgan fingerprint density at radius 3 is 2.42 bits per heavy atom. The van der Waals surface area contributed by atoms with E-state index in [1.54, 1.807) is 24.3 Å². The highest BCUT2D eigenvalue weighted by Crippen LogP contribution is 2.37. The normalized spacial score (nSPS) is 11.6. The van der Waals surface area contributed by atoms with Crippen LogP contribution in [-0.2, 0) is 0 Å². The van der Waals surface area contributed by atoms with Crippen molar-refractivity contribution in [3.8, 4) is 5.69 Å². The number of hydrogen-bond donors (Lipinski definition) is 0. The molecule has 33 heavy (non-hydrogen) atoms. The lowest BCUT2D eigenvalue weighted by Crippen LogP contribution is -2.17. The van der Waals surface area contributed by atoms with E-state index in [1.807, 2.05) is 44.2 Å². The Balaban J connectivity index is 1.65. The van der Waals surface area contributed by atoms with E-state index in [2.05, 4.69) is 15.2 Å². The number of aromatic nitrogens is 3. The van der Waals surface area contributed by atoms with Gasteiger partial charge < -0.3 is 0 Å². The minimum Gasteiger partial charge on any atom is -0.295 e. The summed E-state index contributed by atoms with van der Waals surface area (Å²) >= 11 is 1.32. The van der Waals surface area contributed by atoms with Crippen molar-refractivity contribution in [2.24, 2.45) is 10.2 Å². The first-order chi connectivity index (χ1) is 15.9. The molecule has 0 fully saturated rings. The summed E-state index contributed by atoms with van der Waals surface area (Å²) in [4.78, 5) is 34.9. The van der Waals surface area contributed by atoms with Crippen molar-refractivity contribution in [3.05, 3.63) is 88.1 Å². The third-order valence-corrected chi connectivity index (χ3v) is 6.56. The molecule has 0 bridgehead atoms. The number of benzene rings is 2. The van der Waals surface area contributed by atoms with Gasteiger partial charge in [0.05, 0.1) is 22.6 Å². The molecule has 5 aromatic rings. The molecule has 162 valence electrons. The van der Waals surface area contributed by atoms with Crippen LogP contribution < -0.4 is 5.56 Å². The minimum absolute atomic E-state index is 0.0240. The van der Waals surface area contributed by atoms with Crippen LogP contribution in [0.15, 0.2) is 75.9 Å². The van der Waals surface area contributed by atoms with Crippen molar-refractivity contribution < 1.29 is 4.79 Å². The van der Waals surface area contributed by atoms with E-state index in [0.29, 0.717) is 27.2 Å². The number of nitrogens with zero attached hydrogens (tertiary/aromatic N) is 5. The summed E-state index contributed by atoms with van der Waals surface area (Å²) in [5.41, 5.74) is 4.73. The zero-order valence-electron chi connectivity index (χ0n) is 18.2. The van der Waals surface area contributed by atoms with E-state index in [9.17, 15) is 9.59 Å². The highest BCUT2D eigenvalue weighted by atomic mass is 32.1. The maximum absolute atomic E-state index is 13.3. The van der Waals surface area contributed by atoms with Gasteiger partial charge in [-0.1, -0.05) is 18.2 Å². The van der Waals surface area contributed by atoms with Crippen LogP contribution in [0.5, 0.6) is 0 Å². The predicted molar refractivity (Wildman–Crippen MR) is 131 cm³/mol. The van der Waals surface area contributed by atoms with Gasteiger partial charge in [0.15, 0.2) is 5.78 Å². The molecule has 0 atom stereocenters. The first kappa shape index (κ1) is 20.8. The fourth-order valence-electron chi connectivity index (χ4n) is 3.76. The molecule has 7 nitrogen and oxygen atoms in total. The largest absolute Gasteiger partial charge is 0.295 e. The fourth-order valence-corrected chi connectivity index (χ4v) is 4.92. The third kappa shape index (κ3) is 3.64. The molecule has 0 amide bonds. The van der Waals surface area contributed by atoms with Crippen molar-refractivity contribution in [2.75, 3.05) is 0 Å². The van der Waals surface area contributed by atoms with Crippen LogP contribution in [0, 0.1) is 13.8 Å². The Morgan fingerprint density at radius 1 is 1.00 bits per heavy atom. The topological polar surface area (TPSA) is 89.6 Å². The summed E-state index contributed by atoms with van der Waals surface area (Å²) in [5, 5.41) is 9.61. The Labute approximate surface area is 193 Å². The molecular formula is C25H19N5O2S. The van der Waals surface area contributed by atoms with E-state index < -0.39 is 0 Å². The van der Waals surface area contributed by atoms with Gasteiger partial charge in [0.2, 0.25) is 0 Å². The smallest absolute Gasteiger partial charge is 0.275 e. The third-order valence-electron chi connectivity index (χ3n) is 5.50. The van der Waals surface area contributed by atoms with Crippen molar-refractivity contribution in [2.45, 2.75) is 20.8 Å². The molecule has 0 aliphatic heterocycles. The summed E-state index contributed by atoms with van der Waals surface area (Å²) in [6.45, 7) is 5.35. The van der Waals surface area contributed by atoms with Crippen LogP contribution in [0.2, 0.25) is 0 Å². The van der Waals surface area contributed by atoms with Crippen molar-refractivity contribution in [1.29, 1.82) is 0 Å². The molecule has 0 spiro atoms. The van der Waals surface area contributed by atoms with Crippen molar-refractivity contribution in [3.63, 3.8) is 0 Å². The average Bonchev–Trinajstić information content (AvgIpc) is 3.19. The molecular weight excluding hydrogens is 434 g/mol. The van der Waals surface area contributed by atoms with E-state index >= 15 is 0 Å². The molecule has 5 rings (SSSR count). The van der Waals surface area contributed by atoms with E-state index in [1.165, 1.54) is 29.2 Å². The number of pyridine rings is 1. The molecule has 2 aromatic carbocycles. The molecule has 0 aliphatic carbocycles. The van der Waals surface area contributed by atoms with Crippen molar-refractivity contribution >= 4 is 48.9 Å². The van der Waals surface area contributed by atoms with Crippen molar-refractivity contribution in [1.82, 2.24) is 14.5 Å². The molecule has 0 saturated carbocycles. The van der Waals surface area contributed by atoms with Gasteiger partial charge in [-0.3, -0.25) is 14.2 Å². The zero-order valence-corrected chi connectivity index (χ0v) is 19.1. The predicted octanol–water partition coefficient (Wildman–Crippen LogP) is 6.23. The van der Waals surface area contributed by atoms with Crippen LogP contribution in [0.25, 0.3) is 26.1 Å². The zero-order chi connectivity index (χ0) is 23.1. The number of hydrogen-bond acceptors (Lipinski definition) is 7. The number of aryl methyl sites for hydroxylation is 2. The first-order valence-electron chi connectivity index (χ1n) is 10.3. The van der Waals surface area contributed by atoms with Gasteiger partial charge in [-0.05, 0) is 62.7 Å². The summed E-state index contributed by atoms with van der Waals surface area (Å²) in [6, 6.07) is 16.4. The summed E-state index contributed by atoms with van der Waals surface area (Å²) in [5.74, 6) is -0.0240. The highest BCUT2D eigenvalue weighted by Gasteiger charge is 2.18. The SMILES string of the molecule is CC(=O)c1ccc(-n2cnc3c(sc4nc(C)c(N=Nc5ccccc5)c(C)c43)c2=O)cc1. The maximum atomic E-state index is 13.3. The van der Waals surface area contributed by atoms with Gasteiger partial charge in [-0.25, -0.2) is 9.97 Å². The van der Waals surface area contributed by atoms with Gasteiger partial charge in [0.25, 0.3) is 5.56 Å². The van der Waals surface area contributed by atoms with E-state index in [0.717, 1.165) is 27.2 Å². The number of carbonyl (C=O) groups excluding carboxylic acids is 1. The summed E-state index contributed by atoms with van der Waals surface area (Å²) in [6.07, 6.45) is 1.52. The highest BCUT2D eigenvalue weighted by molar-refractivity contribution is 7.25. The monoisotopic (exact) mass is 453 g/mol. The number of thiophene rings is 1. The molecule has 0 radical (unpaired) electrons. The van der Waals surface area contributed by atoms with Crippen LogP contribution in [0.3, 0.4) is 0 Å². The van der Waals surface area contributed by atoms with Gasteiger partial charge in [0, 0.05) is 10.9 Å². The van der Waals surface area contributed by atoms with Gasteiger partial charge in [-0.15, -0.1) is 16.5 Å². The maximum Gasteiger partial charge on any atom is 0.275 e. The number of azo groups is 1. The first-order valence-corrected chi connectivity index (χ1v) is 11.1. The Kier molecular flexibility index (Phi) is 5.14. The Morgan fingerprint density at radius 2 is 1.73 bits per heavy atom. The lowest BCUT2D eigenvalue weighted by atomic mass is 10.1. The number of carbonyl (C=O) groups is 1. The summed E-state index contributed by atoms with van der Waals surface area (Å²) < 4.78 is 2.01. The number of ketones is 1. The van der Waals surface area contributed by atoms with E-state index in [-0.39, 0.29) is 11.3 Å². The van der Waals surface area contributed by atoms with E-state index in [4.69, 9.17) is 4.98 Å². The van der Waals surface area contributed by atoms with Crippen LogP contribution in [0.4, 0.5) is 11.4 Å². The average molecular weight is 454 g/mol. The second-order valence-electron chi connectivity index (χ2n) is 7.69. The number of Topliss-reactive ketones (excluding diaryl/α,β-unsaturated/α-hetero) is 1. The van der Waals surface area contributed by atoms with Crippen LogP contribution >= 0.6 is 11.3 Å². The molecule has 0 saturated heterocycles. The van der Waals surface area contributed by atoms with Gasteiger partial charge in [-0.2, -0.15) is 5.11 Å². The lowest BCUT2D eigenvalue weighted by Gasteiger charge is -2.07. The Bertz CT molecular complexity index is 1620. The molecule has 3 aromatic heterocycles. The van der Waals surface area contributed by atoms with Gasteiger partial charge in [0.1, 0.15) is 21.5 Å². The Hall–Kier alpha value is -4.04. The molecule has 3 heterocycles. The number of rotatable bonds is 4. The molecule has 0 unspecified atom stereocenters. The lowest BCUT2D eigenvalue weighted by molar-refractivity contribution is 0.101. The number of fused-ring (bicyclic) bond motifs is 3. The quantitative estimate of drug-likeness (QED) is 0.238. The molecule has 0 N–H and O–H groups in total. The van der Waals surface area contributed by atoms with Crippen LogP contribution in [0.1, 0.15) is 28.5 Å². The second-order valence-corrected chi connectivity index (χ2v) is 8.69. The van der Waals surface area contributed by atoms with Gasteiger partial charge >= 0.3 is 0 Å². The standard InChI is InChI=1S/C25H19N5O2S/c1-14-20-22-23(25(32)30(13-26-22)19-11-9-17(10-12-19)16(3)31)33-24(20)27-15(2)21(14)29-28-18-7-5-4-6-8-18/h4-13H,1-3H3. The minimum atomic E-state index is -0.178.